The Morgan fingerprint density at radius 3 is 2.71 bits per heavy atom. The Labute approximate surface area is 144 Å². The molecule has 1 aromatic heterocycles. The number of nitrogens with zero attached hydrogens (tertiary/aromatic N) is 1. The van der Waals surface area contributed by atoms with Gasteiger partial charge in [-0.15, -0.1) is 0 Å². The summed E-state index contributed by atoms with van der Waals surface area (Å²) in [6, 6.07) is 12.9. The summed E-state index contributed by atoms with van der Waals surface area (Å²) in [7, 11) is 1.63. The molecule has 0 fully saturated rings. The van der Waals surface area contributed by atoms with Crippen molar-refractivity contribution in [1.29, 1.82) is 0 Å². The predicted octanol–water partition coefficient (Wildman–Crippen LogP) is 4.11. The van der Waals surface area contributed by atoms with E-state index in [1.54, 1.807) is 31.5 Å². The lowest BCUT2D eigenvalue weighted by atomic mass is 10.2. The highest BCUT2D eigenvalue weighted by atomic mass is 35.5. The Bertz CT molecular complexity index is 815. The van der Waals surface area contributed by atoms with E-state index in [0.717, 1.165) is 22.6 Å². The van der Waals surface area contributed by atoms with Crippen molar-refractivity contribution in [1.82, 2.24) is 4.98 Å². The Hall–Kier alpha value is -2.50. The van der Waals surface area contributed by atoms with E-state index in [1.807, 2.05) is 24.3 Å². The number of halogens is 1. The molecule has 0 radical (unpaired) electrons. The lowest BCUT2D eigenvalue weighted by molar-refractivity contribution is 0.282. The van der Waals surface area contributed by atoms with Crippen LogP contribution in [0.25, 0.3) is 11.3 Å². The van der Waals surface area contributed by atoms with Crippen LogP contribution in [0.4, 0.5) is 5.69 Å². The summed E-state index contributed by atoms with van der Waals surface area (Å²) in [5, 5.41) is 12.9. The third-order valence-corrected chi connectivity index (χ3v) is 3.90. The molecule has 3 rings (SSSR count). The van der Waals surface area contributed by atoms with Crippen molar-refractivity contribution in [3.8, 4) is 17.1 Å². The molecule has 2 N–H and O–H groups in total. The molecular formula is C18H17ClN2O3. The summed E-state index contributed by atoms with van der Waals surface area (Å²) in [4.78, 5) is 4.27. The summed E-state index contributed by atoms with van der Waals surface area (Å²) in [5.41, 5.74) is 2.44. The highest BCUT2D eigenvalue weighted by molar-refractivity contribution is 6.33. The maximum atomic E-state index is 9.19. The van der Waals surface area contributed by atoms with Crippen molar-refractivity contribution >= 4 is 17.3 Å². The molecule has 0 unspecified atom stereocenters. The number of methoxy groups -OCH3 is 1. The molecule has 0 atom stereocenters. The third kappa shape index (κ3) is 3.69. The van der Waals surface area contributed by atoms with Crippen LogP contribution in [0.15, 0.2) is 53.1 Å². The number of ether oxygens (including phenoxy) is 1. The van der Waals surface area contributed by atoms with Crippen LogP contribution in [-0.2, 0) is 13.2 Å². The van der Waals surface area contributed by atoms with Crippen molar-refractivity contribution in [2.75, 3.05) is 12.4 Å². The summed E-state index contributed by atoms with van der Waals surface area (Å²) >= 11 is 6.14. The molecule has 124 valence electrons. The van der Waals surface area contributed by atoms with Crippen LogP contribution >= 0.6 is 11.6 Å². The number of hydrogen-bond acceptors (Lipinski definition) is 5. The van der Waals surface area contributed by atoms with E-state index >= 15 is 0 Å². The molecule has 24 heavy (non-hydrogen) atoms. The molecule has 0 aliphatic rings. The Kier molecular flexibility index (Phi) is 5.03. The topological polar surface area (TPSA) is 67.5 Å². The van der Waals surface area contributed by atoms with Crippen molar-refractivity contribution in [2.24, 2.45) is 0 Å². The molecule has 2 aromatic carbocycles. The lowest BCUT2D eigenvalue weighted by Gasteiger charge is -2.08. The minimum Gasteiger partial charge on any atom is -0.497 e. The molecule has 5 nitrogen and oxygen atoms in total. The van der Waals surface area contributed by atoms with Crippen LogP contribution in [0.1, 0.15) is 11.5 Å². The number of anilines is 1. The molecule has 3 aromatic rings. The molecule has 1 heterocycles. The van der Waals surface area contributed by atoms with Gasteiger partial charge >= 0.3 is 0 Å². The van der Waals surface area contributed by atoms with Crippen molar-refractivity contribution in [3.63, 3.8) is 0 Å². The maximum absolute atomic E-state index is 9.19. The van der Waals surface area contributed by atoms with Gasteiger partial charge in [0.25, 0.3) is 0 Å². The zero-order valence-corrected chi connectivity index (χ0v) is 13.9. The fourth-order valence-corrected chi connectivity index (χ4v) is 2.44. The zero-order valence-electron chi connectivity index (χ0n) is 13.1. The number of nitrogens with one attached hydrogen (secondary N) is 1. The number of aromatic nitrogens is 1. The van der Waals surface area contributed by atoms with E-state index in [2.05, 4.69) is 10.3 Å². The van der Waals surface area contributed by atoms with E-state index in [1.165, 1.54) is 0 Å². The summed E-state index contributed by atoms with van der Waals surface area (Å²) in [5.74, 6) is 2.02. The van der Waals surface area contributed by atoms with Gasteiger partial charge in [0.15, 0.2) is 5.76 Å². The molecule has 0 aliphatic heterocycles. The maximum Gasteiger partial charge on any atom is 0.214 e. The fourth-order valence-electron chi connectivity index (χ4n) is 2.26. The van der Waals surface area contributed by atoms with Gasteiger partial charge in [0.05, 0.1) is 37.2 Å². The molecule has 0 aliphatic carbocycles. The highest BCUT2D eigenvalue weighted by Gasteiger charge is 2.08. The van der Waals surface area contributed by atoms with Gasteiger partial charge in [-0.1, -0.05) is 17.7 Å². The largest absolute Gasteiger partial charge is 0.497 e. The van der Waals surface area contributed by atoms with Gasteiger partial charge in [-0.2, -0.15) is 0 Å². The molecule has 0 saturated heterocycles. The number of hydrogen-bond donors (Lipinski definition) is 2. The molecular weight excluding hydrogens is 328 g/mol. The molecule has 0 bridgehead atoms. The number of aliphatic hydroxyl groups excluding tert-OH is 1. The van der Waals surface area contributed by atoms with Crippen LogP contribution in [0.5, 0.6) is 5.75 Å². The van der Waals surface area contributed by atoms with Crippen molar-refractivity contribution in [2.45, 2.75) is 13.2 Å². The second-order valence-corrected chi connectivity index (χ2v) is 5.58. The van der Waals surface area contributed by atoms with Crippen molar-refractivity contribution < 1.29 is 14.3 Å². The SMILES string of the molecule is COc1ccc(-c2cnc(CNc3cc(CO)ccc3Cl)o2)cc1. The first-order valence-electron chi connectivity index (χ1n) is 7.42. The normalized spacial score (nSPS) is 10.6. The molecule has 6 heteroatoms. The van der Waals surface area contributed by atoms with E-state index in [0.29, 0.717) is 23.2 Å². The predicted molar refractivity (Wildman–Crippen MR) is 93.2 cm³/mol. The summed E-state index contributed by atoms with van der Waals surface area (Å²) in [6.45, 7) is 0.358. The average molecular weight is 345 g/mol. The van der Waals surface area contributed by atoms with E-state index in [4.69, 9.17) is 20.8 Å². The van der Waals surface area contributed by atoms with Gasteiger partial charge in [-0.05, 0) is 42.0 Å². The Balaban J connectivity index is 1.70. The highest BCUT2D eigenvalue weighted by Crippen LogP contribution is 2.25. The minimum absolute atomic E-state index is 0.0352. The van der Waals surface area contributed by atoms with Gasteiger partial charge in [-0.3, -0.25) is 0 Å². The van der Waals surface area contributed by atoms with Crippen LogP contribution in [0, 0.1) is 0 Å². The number of rotatable bonds is 6. The van der Waals surface area contributed by atoms with Crippen LogP contribution < -0.4 is 10.1 Å². The molecule has 0 amide bonds. The monoisotopic (exact) mass is 344 g/mol. The van der Waals surface area contributed by atoms with Gasteiger partial charge in [0.1, 0.15) is 5.75 Å². The Morgan fingerprint density at radius 2 is 2.00 bits per heavy atom. The van der Waals surface area contributed by atoms with Gasteiger partial charge in [-0.25, -0.2) is 4.98 Å². The van der Waals surface area contributed by atoms with Crippen LogP contribution in [-0.4, -0.2) is 17.2 Å². The number of aliphatic hydroxyl groups is 1. The first-order chi connectivity index (χ1) is 11.7. The van der Waals surface area contributed by atoms with E-state index in [-0.39, 0.29) is 6.61 Å². The second kappa shape index (κ2) is 7.38. The zero-order chi connectivity index (χ0) is 16.9. The van der Waals surface area contributed by atoms with E-state index < -0.39 is 0 Å². The van der Waals surface area contributed by atoms with Crippen molar-refractivity contribution in [3.05, 3.63) is 65.1 Å². The Morgan fingerprint density at radius 1 is 1.21 bits per heavy atom. The fraction of sp³-hybridized carbons (Fsp3) is 0.167. The van der Waals surface area contributed by atoms with Gasteiger partial charge < -0.3 is 19.6 Å². The van der Waals surface area contributed by atoms with Gasteiger partial charge in [0.2, 0.25) is 5.89 Å². The standard InChI is InChI=1S/C18H17ClN2O3/c1-23-14-5-3-13(4-6-14)17-9-21-18(24-17)10-20-16-8-12(11-22)2-7-15(16)19/h2-9,20,22H,10-11H2,1H3. The lowest BCUT2D eigenvalue weighted by Crippen LogP contribution is -2.00. The van der Waals surface area contributed by atoms with E-state index in [9.17, 15) is 5.11 Å². The molecule has 0 saturated carbocycles. The van der Waals surface area contributed by atoms with Crippen LogP contribution in [0.3, 0.4) is 0 Å². The van der Waals surface area contributed by atoms with Gasteiger partial charge in [0, 0.05) is 5.56 Å². The summed E-state index contributed by atoms with van der Waals surface area (Å²) < 4.78 is 10.9. The average Bonchev–Trinajstić information content (AvgIpc) is 3.10. The quantitative estimate of drug-likeness (QED) is 0.704. The van der Waals surface area contributed by atoms with Crippen LogP contribution in [0.2, 0.25) is 5.02 Å². The summed E-state index contributed by atoms with van der Waals surface area (Å²) in [6.07, 6.45) is 1.69. The number of benzene rings is 2. The first kappa shape index (κ1) is 16.4. The molecule has 0 spiro atoms. The minimum atomic E-state index is -0.0352. The third-order valence-electron chi connectivity index (χ3n) is 3.57. The smallest absolute Gasteiger partial charge is 0.214 e. The number of oxazole rings is 1. The first-order valence-corrected chi connectivity index (χ1v) is 7.79. The second-order valence-electron chi connectivity index (χ2n) is 5.17.